The van der Waals surface area contributed by atoms with Gasteiger partial charge >= 0.3 is 0 Å². The Balaban J connectivity index is 2.94. The van der Waals surface area contributed by atoms with Crippen LogP contribution in [0.3, 0.4) is 0 Å². The minimum Gasteiger partial charge on any atom is -0.382 e. The number of hydrogen-bond donors (Lipinski definition) is 1. The Labute approximate surface area is 86.7 Å². The van der Waals surface area contributed by atoms with Crippen molar-refractivity contribution >= 4 is 22.9 Å². The maximum Gasteiger partial charge on any atom is 0.151 e. The standard InChI is InChI=1S/C9H11ClN4/c1-5-7(3-10)6(2)14-8(5)9(11)12-4-13-14/h4H,3H2,1-2H3,(H2,11,12,13). The van der Waals surface area contributed by atoms with Crippen LogP contribution in [-0.4, -0.2) is 14.6 Å². The van der Waals surface area contributed by atoms with Crippen LogP contribution in [0.2, 0.25) is 0 Å². The van der Waals surface area contributed by atoms with Gasteiger partial charge in [0.1, 0.15) is 11.8 Å². The van der Waals surface area contributed by atoms with Crippen molar-refractivity contribution in [2.45, 2.75) is 19.7 Å². The Morgan fingerprint density at radius 2 is 2.21 bits per heavy atom. The average molecular weight is 211 g/mol. The van der Waals surface area contributed by atoms with Crippen molar-refractivity contribution < 1.29 is 0 Å². The molecule has 2 aromatic rings. The minimum atomic E-state index is 0.473. The topological polar surface area (TPSA) is 56.2 Å². The Morgan fingerprint density at radius 3 is 2.79 bits per heavy atom. The predicted molar refractivity (Wildman–Crippen MR) is 56.4 cm³/mol. The minimum absolute atomic E-state index is 0.473. The van der Waals surface area contributed by atoms with E-state index in [1.54, 1.807) is 4.52 Å². The van der Waals surface area contributed by atoms with Gasteiger partial charge in [0.05, 0.1) is 0 Å². The summed E-state index contributed by atoms with van der Waals surface area (Å²) >= 11 is 5.86. The molecule has 2 N–H and O–H groups in total. The maximum atomic E-state index is 5.86. The number of hydrogen-bond acceptors (Lipinski definition) is 3. The van der Waals surface area contributed by atoms with Crippen LogP contribution in [0.5, 0.6) is 0 Å². The summed E-state index contributed by atoms with van der Waals surface area (Å²) in [6, 6.07) is 0. The van der Waals surface area contributed by atoms with Crippen molar-refractivity contribution in [2.75, 3.05) is 5.73 Å². The van der Waals surface area contributed by atoms with Crippen molar-refractivity contribution in [1.29, 1.82) is 0 Å². The molecule has 0 aromatic carbocycles. The fraction of sp³-hybridized carbons (Fsp3) is 0.333. The number of nitrogen functional groups attached to an aromatic ring is 1. The van der Waals surface area contributed by atoms with Crippen LogP contribution in [0.15, 0.2) is 6.33 Å². The molecule has 14 heavy (non-hydrogen) atoms. The number of aromatic nitrogens is 3. The summed E-state index contributed by atoms with van der Waals surface area (Å²) in [6.07, 6.45) is 1.45. The Hall–Kier alpha value is -1.29. The molecule has 4 nitrogen and oxygen atoms in total. The van der Waals surface area contributed by atoms with E-state index >= 15 is 0 Å². The number of rotatable bonds is 1. The summed E-state index contributed by atoms with van der Waals surface area (Å²) in [5, 5.41) is 4.14. The molecule has 0 aliphatic rings. The lowest BCUT2D eigenvalue weighted by Gasteiger charge is -1.98. The third kappa shape index (κ3) is 1.07. The van der Waals surface area contributed by atoms with Crippen LogP contribution < -0.4 is 5.73 Å². The summed E-state index contributed by atoms with van der Waals surface area (Å²) in [5.74, 6) is 0.970. The average Bonchev–Trinajstić information content (AvgIpc) is 2.41. The zero-order chi connectivity index (χ0) is 10.3. The SMILES string of the molecule is Cc1c(CCl)c(C)n2ncnc(N)c12. The molecule has 0 saturated carbocycles. The third-order valence-electron chi connectivity index (χ3n) is 2.51. The van der Waals surface area contributed by atoms with Gasteiger partial charge < -0.3 is 5.73 Å². The number of halogens is 1. The molecule has 2 aromatic heterocycles. The van der Waals surface area contributed by atoms with Crippen molar-refractivity contribution in [1.82, 2.24) is 14.6 Å². The molecular weight excluding hydrogens is 200 g/mol. The number of aryl methyl sites for hydroxylation is 2. The van der Waals surface area contributed by atoms with Crippen molar-refractivity contribution in [3.63, 3.8) is 0 Å². The lowest BCUT2D eigenvalue weighted by Crippen LogP contribution is -2.00. The molecule has 0 fully saturated rings. The molecule has 0 aliphatic carbocycles. The second kappa shape index (κ2) is 3.13. The first-order chi connectivity index (χ1) is 6.66. The zero-order valence-electron chi connectivity index (χ0n) is 8.08. The van der Waals surface area contributed by atoms with Crippen molar-refractivity contribution in [3.8, 4) is 0 Å². The molecule has 0 aliphatic heterocycles. The lowest BCUT2D eigenvalue weighted by atomic mass is 10.2. The van der Waals surface area contributed by atoms with E-state index in [2.05, 4.69) is 10.1 Å². The van der Waals surface area contributed by atoms with Crippen LogP contribution >= 0.6 is 11.6 Å². The maximum absolute atomic E-state index is 5.86. The molecule has 0 atom stereocenters. The highest BCUT2D eigenvalue weighted by Gasteiger charge is 2.14. The van der Waals surface area contributed by atoms with Crippen LogP contribution in [0.25, 0.3) is 5.52 Å². The quantitative estimate of drug-likeness (QED) is 0.729. The van der Waals surface area contributed by atoms with Crippen LogP contribution in [0.4, 0.5) is 5.82 Å². The highest BCUT2D eigenvalue weighted by Crippen LogP contribution is 2.25. The molecule has 0 bridgehead atoms. The summed E-state index contributed by atoms with van der Waals surface area (Å²) < 4.78 is 1.79. The first-order valence-electron chi connectivity index (χ1n) is 4.30. The second-order valence-electron chi connectivity index (χ2n) is 3.23. The van der Waals surface area contributed by atoms with Crippen LogP contribution in [0, 0.1) is 13.8 Å². The largest absolute Gasteiger partial charge is 0.382 e. The van der Waals surface area contributed by atoms with Gasteiger partial charge in [-0.05, 0) is 25.0 Å². The molecule has 0 radical (unpaired) electrons. The van der Waals surface area contributed by atoms with Gasteiger partial charge in [-0.1, -0.05) is 0 Å². The molecule has 74 valence electrons. The molecule has 2 heterocycles. The molecular formula is C9H11ClN4. The predicted octanol–water partition coefficient (Wildman–Crippen LogP) is 1.67. The number of nitrogens with two attached hydrogens (primary N) is 1. The number of anilines is 1. The third-order valence-corrected chi connectivity index (χ3v) is 2.78. The van der Waals surface area contributed by atoms with E-state index in [-0.39, 0.29) is 0 Å². The lowest BCUT2D eigenvalue weighted by molar-refractivity contribution is 0.870. The first-order valence-corrected chi connectivity index (χ1v) is 4.83. The van der Waals surface area contributed by atoms with Gasteiger partial charge in [-0.15, -0.1) is 11.6 Å². The zero-order valence-corrected chi connectivity index (χ0v) is 8.84. The van der Waals surface area contributed by atoms with E-state index in [4.69, 9.17) is 17.3 Å². The van der Waals surface area contributed by atoms with Gasteiger partial charge in [0.2, 0.25) is 0 Å². The Bertz CT molecular complexity index is 489. The van der Waals surface area contributed by atoms with Crippen molar-refractivity contribution in [3.05, 3.63) is 23.1 Å². The summed E-state index contributed by atoms with van der Waals surface area (Å²) in [5.41, 5.74) is 9.82. The van der Waals surface area contributed by atoms with E-state index in [0.29, 0.717) is 11.7 Å². The molecule has 0 amide bonds. The first kappa shape index (κ1) is 9.27. The number of nitrogens with zero attached hydrogens (tertiary/aromatic N) is 3. The van der Waals surface area contributed by atoms with E-state index in [0.717, 1.165) is 22.3 Å². The van der Waals surface area contributed by atoms with Gasteiger partial charge in [0.25, 0.3) is 0 Å². The van der Waals surface area contributed by atoms with E-state index in [1.807, 2.05) is 13.8 Å². The normalized spacial score (nSPS) is 11.1. The molecule has 2 rings (SSSR count). The van der Waals surface area contributed by atoms with Gasteiger partial charge in [-0.25, -0.2) is 9.50 Å². The smallest absolute Gasteiger partial charge is 0.151 e. The fourth-order valence-corrected chi connectivity index (χ4v) is 2.11. The second-order valence-corrected chi connectivity index (χ2v) is 3.50. The molecule has 0 spiro atoms. The van der Waals surface area contributed by atoms with E-state index in [9.17, 15) is 0 Å². The Morgan fingerprint density at radius 1 is 1.50 bits per heavy atom. The van der Waals surface area contributed by atoms with Crippen LogP contribution in [-0.2, 0) is 5.88 Å². The highest BCUT2D eigenvalue weighted by molar-refractivity contribution is 6.17. The monoisotopic (exact) mass is 210 g/mol. The Kier molecular flexibility index (Phi) is 2.07. The van der Waals surface area contributed by atoms with Gasteiger partial charge in [0.15, 0.2) is 5.82 Å². The summed E-state index contributed by atoms with van der Waals surface area (Å²) in [6.45, 7) is 3.96. The molecule has 5 heteroatoms. The summed E-state index contributed by atoms with van der Waals surface area (Å²) in [4.78, 5) is 3.96. The van der Waals surface area contributed by atoms with Crippen LogP contribution in [0.1, 0.15) is 16.8 Å². The van der Waals surface area contributed by atoms with E-state index < -0.39 is 0 Å². The fourth-order valence-electron chi connectivity index (χ4n) is 1.71. The van der Waals surface area contributed by atoms with Crippen molar-refractivity contribution in [2.24, 2.45) is 0 Å². The summed E-state index contributed by atoms with van der Waals surface area (Å²) in [7, 11) is 0. The number of fused-ring (bicyclic) bond motifs is 1. The molecule has 0 unspecified atom stereocenters. The number of alkyl halides is 1. The molecule has 0 saturated heterocycles. The highest BCUT2D eigenvalue weighted by atomic mass is 35.5. The van der Waals surface area contributed by atoms with Gasteiger partial charge in [-0.2, -0.15) is 5.10 Å². The van der Waals surface area contributed by atoms with Gasteiger partial charge in [-0.3, -0.25) is 0 Å². The van der Waals surface area contributed by atoms with E-state index in [1.165, 1.54) is 6.33 Å². The van der Waals surface area contributed by atoms with Gasteiger partial charge in [0, 0.05) is 11.6 Å².